The standard InChI is InChI=1S/C23H26N6O5S/c1-17-25-22(34-26-17)18-2-4-19(5-3-18)23(30)28-10-8-27(9-11-28)21-7-6-20(16-24-21)35(31,32)29-12-14-33-15-13-29/h2-7,16H,8-15H2,1H3. The number of aromatic nitrogens is 3. The molecule has 2 aliphatic heterocycles. The van der Waals surface area contributed by atoms with Gasteiger partial charge in [-0.25, -0.2) is 13.4 Å². The van der Waals surface area contributed by atoms with E-state index < -0.39 is 10.0 Å². The third kappa shape index (κ3) is 4.90. The lowest BCUT2D eigenvalue weighted by atomic mass is 10.1. The zero-order valence-electron chi connectivity index (χ0n) is 19.3. The number of aryl methyl sites for hydroxylation is 1. The molecule has 184 valence electrons. The average molecular weight is 499 g/mol. The summed E-state index contributed by atoms with van der Waals surface area (Å²) in [5.41, 5.74) is 1.35. The third-order valence-electron chi connectivity index (χ3n) is 6.13. The van der Waals surface area contributed by atoms with Crippen LogP contribution in [-0.2, 0) is 14.8 Å². The van der Waals surface area contributed by atoms with Crippen molar-refractivity contribution in [3.63, 3.8) is 0 Å². The summed E-state index contributed by atoms with van der Waals surface area (Å²) in [5, 5.41) is 3.79. The van der Waals surface area contributed by atoms with E-state index in [2.05, 4.69) is 20.0 Å². The van der Waals surface area contributed by atoms with Crippen molar-refractivity contribution in [2.24, 2.45) is 0 Å². The molecule has 0 atom stereocenters. The van der Waals surface area contributed by atoms with Crippen molar-refractivity contribution in [2.75, 3.05) is 57.4 Å². The number of piperazine rings is 1. The van der Waals surface area contributed by atoms with Gasteiger partial charge in [0.1, 0.15) is 10.7 Å². The van der Waals surface area contributed by atoms with Crippen LogP contribution in [0.5, 0.6) is 0 Å². The van der Waals surface area contributed by atoms with Gasteiger partial charge in [0, 0.05) is 56.6 Å². The first-order valence-corrected chi connectivity index (χ1v) is 12.8. The van der Waals surface area contributed by atoms with Gasteiger partial charge in [0.15, 0.2) is 5.82 Å². The number of ether oxygens (including phenoxy) is 1. The largest absolute Gasteiger partial charge is 0.379 e. The minimum atomic E-state index is -3.57. The highest BCUT2D eigenvalue weighted by molar-refractivity contribution is 7.89. The minimum absolute atomic E-state index is 0.0437. The Morgan fingerprint density at radius 3 is 2.26 bits per heavy atom. The second kappa shape index (κ2) is 9.72. The molecule has 0 unspecified atom stereocenters. The van der Waals surface area contributed by atoms with Gasteiger partial charge in [-0.15, -0.1) is 0 Å². The number of amides is 1. The third-order valence-corrected chi connectivity index (χ3v) is 8.01. The Morgan fingerprint density at radius 2 is 1.66 bits per heavy atom. The summed E-state index contributed by atoms with van der Waals surface area (Å²) in [4.78, 5) is 25.6. The maximum atomic E-state index is 13.0. The Labute approximate surface area is 203 Å². The number of anilines is 1. The normalized spacial score (nSPS) is 17.5. The molecule has 2 aromatic heterocycles. The zero-order valence-corrected chi connectivity index (χ0v) is 20.1. The molecule has 2 aliphatic rings. The van der Waals surface area contributed by atoms with Gasteiger partial charge in [-0.3, -0.25) is 4.79 Å². The number of carbonyl (C=O) groups is 1. The van der Waals surface area contributed by atoms with Gasteiger partial charge in [0.05, 0.1) is 13.2 Å². The molecule has 0 bridgehead atoms. The second-order valence-corrected chi connectivity index (χ2v) is 10.3. The van der Waals surface area contributed by atoms with E-state index in [1.165, 1.54) is 10.5 Å². The molecule has 2 fully saturated rings. The van der Waals surface area contributed by atoms with Gasteiger partial charge in [-0.2, -0.15) is 9.29 Å². The van der Waals surface area contributed by atoms with Crippen molar-refractivity contribution in [3.8, 4) is 11.5 Å². The SMILES string of the molecule is Cc1noc(-c2ccc(C(=O)N3CCN(c4ccc(S(=O)(=O)N5CCOCC5)cn4)CC3)cc2)n1. The second-order valence-electron chi connectivity index (χ2n) is 8.37. The van der Waals surface area contributed by atoms with Crippen molar-refractivity contribution >= 4 is 21.7 Å². The quantitative estimate of drug-likeness (QED) is 0.514. The molecular formula is C23H26N6O5S. The van der Waals surface area contributed by atoms with Crippen LogP contribution in [0, 0.1) is 6.92 Å². The van der Waals surface area contributed by atoms with Gasteiger partial charge in [0.2, 0.25) is 10.0 Å². The van der Waals surface area contributed by atoms with E-state index in [1.807, 2.05) is 0 Å². The van der Waals surface area contributed by atoms with Crippen LogP contribution in [-0.4, -0.2) is 91.1 Å². The average Bonchev–Trinajstić information content (AvgIpc) is 3.35. The fourth-order valence-corrected chi connectivity index (χ4v) is 5.49. The fourth-order valence-electron chi connectivity index (χ4n) is 4.14. The van der Waals surface area contributed by atoms with Crippen LogP contribution in [0.15, 0.2) is 52.0 Å². The van der Waals surface area contributed by atoms with Gasteiger partial charge in [-0.1, -0.05) is 5.16 Å². The Bertz CT molecular complexity index is 1280. The molecule has 35 heavy (non-hydrogen) atoms. The van der Waals surface area contributed by atoms with Crippen molar-refractivity contribution in [1.82, 2.24) is 24.3 Å². The summed E-state index contributed by atoms with van der Waals surface area (Å²) in [6.45, 7) is 5.53. The van der Waals surface area contributed by atoms with Crippen LogP contribution in [0.1, 0.15) is 16.2 Å². The van der Waals surface area contributed by atoms with Crippen LogP contribution in [0.3, 0.4) is 0 Å². The molecule has 1 amide bonds. The van der Waals surface area contributed by atoms with Gasteiger partial charge in [-0.05, 0) is 43.3 Å². The lowest BCUT2D eigenvalue weighted by molar-refractivity contribution is 0.0730. The first kappa shape index (κ1) is 23.4. The van der Waals surface area contributed by atoms with Crippen LogP contribution in [0.4, 0.5) is 5.82 Å². The number of pyridine rings is 1. The van der Waals surface area contributed by atoms with Gasteiger partial charge in [0.25, 0.3) is 11.8 Å². The summed E-state index contributed by atoms with van der Waals surface area (Å²) in [7, 11) is -3.57. The summed E-state index contributed by atoms with van der Waals surface area (Å²) < 4.78 is 37.4. The maximum Gasteiger partial charge on any atom is 0.257 e. The topological polar surface area (TPSA) is 122 Å². The lowest BCUT2D eigenvalue weighted by Gasteiger charge is -2.35. The first-order valence-electron chi connectivity index (χ1n) is 11.4. The van der Waals surface area contributed by atoms with Crippen molar-refractivity contribution < 1.29 is 22.5 Å². The van der Waals surface area contributed by atoms with Crippen molar-refractivity contribution in [1.29, 1.82) is 0 Å². The Kier molecular flexibility index (Phi) is 6.50. The molecule has 0 aliphatic carbocycles. The summed E-state index contributed by atoms with van der Waals surface area (Å²) in [5.74, 6) is 1.63. The Hall–Kier alpha value is -3.35. The number of hydrogen-bond acceptors (Lipinski definition) is 9. The van der Waals surface area contributed by atoms with Crippen LogP contribution >= 0.6 is 0 Å². The molecule has 1 aromatic carbocycles. The molecule has 4 heterocycles. The number of benzene rings is 1. The smallest absolute Gasteiger partial charge is 0.257 e. The molecular weight excluding hydrogens is 472 g/mol. The molecule has 0 spiro atoms. The number of nitrogens with zero attached hydrogens (tertiary/aromatic N) is 6. The van der Waals surface area contributed by atoms with Crippen LogP contribution < -0.4 is 4.90 Å². The first-order chi connectivity index (χ1) is 16.9. The number of carbonyl (C=O) groups excluding carboxylic acids is 1. The predicted molar refractivity (Wildman–Crippen MR) is 126 cm³/mol. The van der Waals surface area contributed by atoms with Crippen molar-refractivity contribution in [3.05, 3.63) is 54.0 Å². The number of rotatable bonds is 5. The van der Waals surface area contributed by atoms with Gasteiger partial charge >= 0.3 is 0 Å². The van der Waals surface area contributed by atoms with E-state index in [0.29, 0.717) is 75.6 Å². The Balaban J connectivity index is 1.19. The predicted octanol–water partition coefficient (Wildman–Crippen LogP) is 1.42. The summed E-state index contributed by atoms with van der Waals surface area (Å²) in [6, 6.07) is 10.4. The van der Waals surface area contributed by atoms with E-state index in [4.69, 9.17) is 9.26 Å². The van der Waals surface area contributed by atoms with E-state index >= 15 is 0 Å². The lowest BCUT2D eigenvalue weighted by Crippen LogP contribution is -2.49. The fraction of sp³-hybridized carbons (Fsp3) is 0.391. The maximum absolute atomic E-state index is 13.0. The van der Waals surface area contributed by atoms with E-state index in [1.54, 1.807) is 48.2 Å². The highest BCUT2D eigenvalue weighted by Crippen LogP contribution is 2.22. The number of sulfonamides is 1. The molecule has 0 saturated carbocycles. The van der Waals surface area contributed by atoms with Gasteiger partial charge < -0.3 is 19.1 Å². The highest BCUT2D eigenvalue weighted by atomic mass is 32.2. The van der Waals surface area contributed by atoms with E-state index in [0.717, 1.165) is 5.56 Å². The van der Waals surface area contributed by atoms with Crippen LogP contribution in [0.25, 0.3) is 11.5 Å². The van der Waals surface area contributed by atoms with Crippen LogP contribution in [0.2, 0.25) is 0 Å². The highest BCUT2D eigenvalue weighted by Gasteiger charge is 2.27. The molecule has 5 rings (SSSR count). The monoisotopic (exact) mass is 498 g/mol. The summed E-state index contributed by atoms with van der Waals surface area (Å²) in [6.07, 6.45) is 1.41. The molecule has 12 heteroatoms. The molecule has 11 nitrogen and oxygen atoms in total. The Morgan fingerprint density at radius 1 is 0.943 bits per heavy atom. The number of morpholine rings is 1. The number of hydrogen-bond donors (Lipinski definition) is 0. The van der Waals surface area contributed by atoms with E-state index in [-0.39, 0.29) is 10.8 Å². The van der Waals surface area contributed by atoms with Crippen molar-refractivity contribution in [2.45, 2.75) is 11.8 Å². The van der Waals surface area contributed by atoms with E-state index in [9.17, 15) is 13.2 Å². The molecule has 2 saturated heterocycles. The molecule has 3 aromatic rings. The minimum Gasteiger partial charge on any atom is -0.379 e. The molecule has 0 N–H and O–H groups in total. The molecule has 0 radical (unpaired) electrons. The zero-order chi connectivity index (χ0) is 24.4. The summed E-state index contributed by atoms with van der Waals surface area (Å²) >= 11 is 0.